The van der Waals surface area contributed by atoms with E-state index in [1.54, 1.807) is 24.3 Å². The summed E-state index contributed by atoms with van der Waals surface area (Å²) in [4.78, 5) is 16.9. The topological polar surface area (TPSA) is 57.7 Å². The maximum absolute atomic E-state index is 12.8. The Morgan fingerprint density at radius 2 is 1.67 bits per heavy atom. The summed E-state index contributed by atoms with van der Waals surface area (Å²) in [5.41, 5.74) is 2.39. The summed E-state index contributed by atoms with van der Waals surface area (Å²) in [6.07, 6.45) is 1.20. The standard InChI is InChI=1S/C20H23ClN2O3S/c1-27(25,26)15-17-3-2-4-18(13-17)20(24)23-11-9-22(10-12-23)14-16-5-7-19(21)8-6-16/h2-8,13H,9-12,14-15H2,1H3. The van der Waals surface area contributed by atoms with Gasteiger partial charge in [0.15, 0.2) is 9.84 Å². The summed E-state index contributed by atoms with van der Waals surface area (Å²) in [5, 5.41) is 0.729. The fourth-order valence-electron chi connectivity index (χ4n) is 3.24. The van der Waals surface area contributed by atoms with E-state index in [0.717, 1.165) is 24.7 Å². The Kier molecular flexibility index (Phi) is 6.19. The van der Waals surface area contributed by atoms with Gasteiger partial charge in [-0.2, -0.15) is 0 Å². The molecule has 1 saturated heterocycles. The number of piperazine rings is 1. The van der Waals surface area contributed by atoms with Crippen LogP contribution in [-0.4, -0.2) is 56.6 Å². The van der Waals surface area contributed by atoms with Gasteiger partial charge < -0.3 is 4.90 Å². The first-order valence-electron chi connectivity index (χ1n) is 8.83. The van der Waals surface area contributed by atoms with Crippen LogP contribution >= 0.6 is 11.6 Å². The minimum atomic E-state index is -3.12. The van der Waals surface area contributed by atoms with Crippen molar-refractivity contribution in [3.63, 3.8) is 0 Å². The first-order chi connectivity index (χ1) is 12.8. The van der Waals surface area contributed by atoms with Crippen LogP contribution < -0.4 is 0 Å². The third-order valence-electron chi connectivity index (χ3n) is 4.58. The second kappa shape index (κ2) is 8.42. The molecule has 0 radical (unpaired) electrons. The van der Waals surface area contributed by atoms with E-state index in [0.29, 0.717) is 24.2 Å². The van der Waals surface area contributed by atoms with E-state index in [4.69, 9.17) is 11.6 Å². The number of carbonyl (C=O) groups excluding carboxylic acids is 1. The van der Waals surface area contributed by atoms with Gasteiger partial charge in [-0.25, -0.2) is 8.42 Å². The minimum absolute atomic E-state index is 0.0449. The van der Waals surface area contributed by atoms with E-state index in [1.165, 1.54) is 11.8 Å². The molecule has 2 aromatic carbocycles. The van der Waals surface area contributed by atoms with Gasteiger partial charge in [0.1, 0.15) is 0 Å². The molecular formula is C20H23ClN2O3S. The van der Waals surface area contributed by atoms with Gasteiger partial charge in [0.05, 0.1) is 5.75 Å². The molecule has 1 aliphatic heterocycles. The van der Waals surface area contributed by atoms with E-state index in [1.807, 2.05) is 29.2 Å². The molecule has 0 bridgehead atoms. The van der Waals surface area contributed by atoms with Crippen LogP contribution in [-0.2, 0) is 22.1 Å². The highest BCUT2D eigenvalue weighted by atomic mass is 35.5. The Morgan fingerprint density at radius 1 is 1.00 bits per heavy atom. The number of benzene rings is 2. The molecule has 0 saturated carbocycles. The maximum atomic E-state index is 12.8. The molecule has 27 heavy (non-hydrogen) atoms. The first kappa shape index (κ1) is 19.9. The summed E-state index contributed by atoms with van der Waals surface area (Å²) in [6.45, 7) is 3.75. The minimum Gasteiger partial charge on any atom is -0.336 e. The third kappa shape index (κ3) is 5.79. The molecule has 7 heteroatoms. The van der Waals surface area contributed by atoms with Gasteiger partial charge in [0.2, 0.25) is 0 Å². The number of hydrogen-bond acceptors (Lipinski definition) is 4. The SMILES string of the molecule is CS(=O)(=O)Cc1cccc(C(=O)N2CCN(Cc3ccc(Cl)cc3)CC2)c1. The molecule has 2 aromatic rings. The average molecular weight is 407 g/mol. The zero-order valence-corrected chi connectivity index (χ0v) is 16.8. The maximum Gasteiger partial charge on any atom is 0.253 e. The van der Waals surface area contributed by atoms with E-state index in [2.05, 4.69) is 4.90 Å². The summed E-state index contributed by atoms with van der Waals surface area (Å²) in [5.74, 6) is -0.0975. The number of carbonyl (C=O) groups is 1. The Labute approximate surface area is 165 Å². The highest BCUT2D eigenvalue weighted by Gasteiger charge is 2.22. The molecule has 0 atom stereocenters. The number of hydrogen-bond donors (Lipinski definition) is 0. The monoisotopic (exact) mass is 406 g/mol. The highest BCUT2D eigenvalue weighted by Crippen LogP contribution is 2.15. The number of nitrogens with zero attached hydrogens (tertiary/aromatic N) is 2. The molecule has 144 valence electrons. The van der Waals surface area contributed by atoms with Crippen LogP contribution in [0.3, 0.4) is 0 Å². The molecule has 0 aliphatic carbocycles. The number of halogens is 1. The molecular weight excluding hydrogens is 384 g/mol. The Hall–Kier alpha value is -1.89. The van der Waals surface area contributed by atoms with Crippen LogP contribution in [0.5, 0.6) is 0 Å². The van der Waals surface area contributed by atoms with Gasteiger partial charge in [-0.3, -0.25) is 9.69 Å². The molecule has 1 fully saturated rings. The lowest BCUT2D eigenvalue weighted by atomic mass is 10.1. The van der Waals surface area contributed by atoms with Crippen LogP contribution in [0.1, 0.15) is 21.5 Å². The summed E-state index contributed by atoms with van der Waals surface area (Å²) in [7, 11) is -3.12. The zero-order chi connectivity index (χ0) is 19.4. The van der Waals surface area contributed by atoms with Crippen molar-refractivity contribution in [3.8, 4) is 0 Å². The van der Waals surface area contributed by atoms with Crippen molar-refractivity contribution in [2.24, 2.45) is 0 Å². The predicted octanol–water partition coefficient (Wildman–Crippen LogP) is 2.84. The van der Waals surface area contributed by atoms with Gasteiger partial charge in [-0.05, 0) is 35.4 Å². The van der Waals surface area contributed by atoms with E-state index in [9.17, 15) is 13.2 Å². The molecule has 3 rings (SSSR count). The molecule has 1 heterocycles. The Balaban J connectivity index is 1.58. The lowest BCUT2D eigenvalue weighted by Crippen LogP contribution is -2.48. The van der Waals surface area contributed by atoms with Crippen molar-refractivity contribution >= 4 is 27.3 Å². The third-order valence-corrected chi connectivity index (χ3v) is 5.69. The van der Waals surface area contributed by atoms with Gasteiger partial charge in [0, 0.05) is 49.6 Å². The molecule has 0 unspecified atom stereocenters. The molecule has 1 aliphatic rings. The Morgan fingerprint density at radius 3 is 2.30 bits per heavy atom. The van der Waals surface area contributed by atoms with E-state index >= 15 is 0 Å². The molecule has 0 aromatic heterocycles. The van der Waals surface area contributed by atoms with Crippen molar-refractivity contribution in [1.29, 1.82) is 0 Å². The van der Waals surface area contributed by atoms with Crippen molar-refractivity contribution in [2.75, 3.05) is 32.4 Å². The van der Waals surface area contributed by atoms with Crippen LogP contribution in [0.25, 0.3) is 0 Å². The quantitative estimate of drug-likeness (QED) is 0.766. The number of sulfone groups is 1. The van der Waals surface area contributed by atoms with Crippen LogP contribution in [0.15, 0.2) is 48.5 Å². The highest BCUT2D eigenvalue weighted by molar-refractivity contribution is 7.89. The van der Waals surface area contributed by atoms with Gasteiger partial charge in [0.25, 0.3) is 5.91 Å². The predicted molar refractivity (Wildman–Crippen MR) is 108 cm³/mol. The van der Waals surface area contributed by atoms with E-state index in [-0.39, 0.29) is 11.7 Å². The van der Waals surface area contributed by atoms with Crippen molar-refractivity contribution in [2.45, 2.75) is 12.3 Å². The normalized spacial score (nSPS) is 15.7. The lowest BCUT2D eigenvalue weighted by Gasteiger charge is -2.34. The summed E-state index contributed by atoms with van der Waals surface area (Å²) >= 11 is 5.92. The summed E-state index contributed by atoms with van der Waals surface area (Å²) < 4.78 is 23.0. The van der Waals surface area contributed by atoms with Crippen LogP contribution in [0, 0.1) is 0 Å². The second-order valence-corrected chi connectivity index (χ2v) is 9.54. The molecule has 1 amide bonds. The van der Waals surface area contributed by atoms with Gasteiger partial charge in [-0.15, -0.1) is 0 Å². The van der Waals surface area contributed by atoms with Gasteiger partial charge in [-0.1, -0.05) is 35.9 Å². The summed E-state index contributed by atoms with van der Waals surface area (Å²) in [6, 6.07) is 14.7. The van der Waals surface area contributed by atoms with Crippen molar-refractivity contribution in [1.82, 2.24) is 9.80 Å². The number of amides is 1. The lowest BCUT2D eigenvalue weighted by molar-refractivity contribution is 0.0628. The molecule has 5 nitrogen and oxygen atoms in total. The van der Waals surface area contributed by atoms with Crippen LogP contribution in [0.4, 0.5) is 0 Å². The average Bonchev–Trinajstić information content (AvgIpc) is 2.62. The fourth-order valence-corrected chi connectivity index (χ4v) is 4.15. The Bertz CT molecular complexity index is 905. The molecule has 0 N–H and O–H groups in total. The fraction of sp³-hybridized carbons (Fsp3) is 0.350. The van der Waals surface area contributed by atoms with Gasteiger partial charge >= 0.3 is 0 Å². The molecule has 0 spiro atoms. The zero-order valence-electron chi connectivity index (χ0n) is 15.3. The largest absolute Gasteiger partial charge is 0.336 e. The second-order valence-electron chi connectivity index (χ2n) is 6.97. The van der Waals surface area contributed by atoms with Crippen molar-refractivity contribution in [3.05, 3.63) is 70.2 Å². The first-order valence-corrected chi connectivity index (χ1v) is 11.3. The van der Waals surface area contributed by atoms with Crippen LogP contribution in [0.2, 0.25) is 5.02 Å². The number of rotatable bonds is 5. The van der Waals surface area contributed by atoms with Crippen molar-refractivity contribution < 1.29 is 13.2 Å². The van der Waals surface area contributed by atoms with E-state index < -0.39 is 9.84 Å². The smallest absolute Gasteiger partial charge is 0.253 e.